The van der Waals surface area contributed by atoms with Gasteiger partial charge in [0.25, 0.3) is 0 Å². The van der Waals surface area contributed by atoms with E-state index in [1.54, 1.807) is 11.3 Å². The van der Waals surface area contributed by atoms with E-state index in [1.165, 1.54) is 9.78 Å². The number of carbonyl (C=O) groups is 2. The van der Waals surface area contributed by atoms with Crippen LogP contribution >= 0.6 is 11.3 Å². The molecule has 1 aromatic rings. The molecule has 1 aliphatic heterocycles. The lowest BCUT2D eigenvalue weighted by molar-refractivity contribution is -0.141. The minimum atomic E-state index is -0.935. The maximum atomic E-state index is 11.9. The first-order valence-electron chi connectivity index (χ1n) is 6.32. The molecular formula is C12H17N3O3S. The van der Waals surface area contributed by atoms with Gasteiger partial charge in [-0.2, -0.15) is 0 Å². The number of amides is 2. The second kappa shape index (κ2) is 6.01. The molecule has 0 aromatic carbocycles. The Kier molecular flexibility index (Phi) is 4.36. The van der Waals surface area contributed by atoms with E-state index in [4.69, 9.17) is 5.11 Å². The van der Waals surface area contributed by atoms with Crippen molar-refractivity contribution in [1.82, 2.24) is 15.2 Å². The highest BCUT2D eigenvalue weighted by atomic mass is 32.1. The van der Waals surface area contributed by atoms with Gasteiger partial charge in [0, 0.05) is 17.6 Å². The maximum Gasteiger partial charge on any atom is 0.326 e. The zero-order chi connectivity index (χ0) is 13.8. The smallest absolute Gasteiger partial charge is 0.326 e. The van der Waals surface area contributed by atoms with Crippen LogP contribution in [0.3, 0.4) is 0 Å². The molecule has 0 saturated carbocycles. The summed E-state index contributed by atoms with van der Waals surface area (Å²) in [6.45, 7) is 2.91. The van der Waals surface area contributed by atoms with E-state index in [9.17, 15) is 9.59 Å². The summed E-state index contributed by atoms with van der Waals surface area (Å²) >= 11 is 1.56. The summed E-state index contributed by atoms with van der Waals surface area (Å²) in [5.74, 6) is -0.935. The van der Waals surface area contributed by atoms with Crippen LogP contribution < -0.4 is 5.32 Å². The number of carbonyl (C=O) groups excluding carboxylic acids is 1. The lowest BCUT2D eigenvalue weighted by atomic mass is 10.2. The Balaban J connectivity index is 1.88. The van der Waals surface area contributed by atoms with Crippen LogP contribution in [0.1, 0.15) is 29.7 Å². The largest absolute Gasteiger partial charge is 0.480 e. The van der Waals surface area contributed by atoms with E-state index in [1.807, 2.05) is 6.20 Å². The highest BCUT2D eigenvalue weighted by Gasteiger charge is 2.33. The summed E-state index contributed by atoms with van der Waals surface area (Å²) in [6, 6.07) is -1.01. The first kappa shape index (κ1) is 13.8. The van der Waals surface area contributed by atoms with Crippen molar-refractivity contribution in [2.75, 3.05) is 6.54 Å². The van der Waals surface area contributed by atoms with E-state index in [2.05, 4.69) is 17.2 Å². The second-order valence-corrected chi connectivity index (χ2v) is 5.62. The average Bonchev–Trinajstić information content (AvgIpc) is 3.04. The SMILES string of the molecule is CCc1cnc(CNC(=O)N2CCC[C@H]2C(=O)O)s1. The Morgan fingerprint density at radius 1 is 1.63 bits per heavy atom. The van der Waals surface area contributed by atoms with Crippen LogP contribution in [0.2, 0.25) is 0 Å². The summed E-state index contributed by atoms with van der Waals surface area (Å²) in [7, 11) is 0. The molecule has 1 fully saturated rings. The van der Waals surface area contributed by atoms with Crippen LogP contribution in [0.5, 0.6) is 0 Å². The molecule has 7 heteroatoms. The Morgan fingerprint density at radius 2 is 2.42 bits per heavy atom. The molecule has 2 N–H and O–H groups in total. The van der Waals surface area contributed by atoms with Gasteiger partial charge in [-0.3, -0.25) is 0 Å². The normalized spacial score (nSPS) is 18.6. The highest BCUT2D eigenvalue weighted by Crippen LogP contribution is 2.18. The van der Waals surface area contributed by atoms with Crippen molar-refractivity contribution in [2.45, 2.75) is 38.8 Å². The molecule has 19 heavy (non-hydrogen) atoms. The molecule has 0 aliphatic carbocycles. The molecule has 0 unspecified atom stereocenters. The summed E-state index contributed by atoms with van der Waals surface area (Å²) in [6.07, 6.45) is 4.00. The zero-order valence-corrected chi connectivity index (χ0v) is 11.6. The minimum absolute atomic E-state index is 0.321. The van der Waals surface area contributed by atoms with Gasteiger partial charge < -0.3 is 15.3 Å². The lowest BCUT2D eigenvalue weighted by Gasteiger charge is -2.21. The monoisotopic (exact) mass is 283 g/mol. The maximum absolute atomic E-state index is 11.9. The minimum Gasteiger partial charge on any atom is -0.480 e. The number of aromatic nitrogens is 1. The fourth-order valence-electron chi connectivity index (χ4n) is 2.11. The van der Waals surface area contributed by atoms with Crippen LogP contribution in [0.4, 0.5) is 4.79 Å². The van der Waals surface area contributed by atoms with Gasteiger partial charge >= 0.3 is 12.0 Å². The molecule has 2 heterocycles. The number of hydrogen-bond donors (Lipinski definition) is 2. The third-order valence-electron chi connectivity index (χ3n) is 3.14. The van der Waals surface area contributed by atoms with Crippen molar-refractivity contribution >= 4 is 23.3 Å². The topological polar surface area (TPSA) is 82.5 Å². The molecule has 104 valence electrons. The standard InChI is InChI=1S/C12H17N3O3S/c1-2-8-6-13-10(19-8)7-14-12(18)15-5-3-4-9(15)11(16)17/h6,9H,2-5,7H2,1H3,(H,14,18)(H,16,17)/t9-/m0/s1. The third-order valence-corrected chi connectivity index (χ3v) is 4.28. The van der Waals surface area contributed by atoms with Gasteiger partial charge in [-0.1, -0.05) is 6.92 Å². The van der Waals surface area contributed by atoms with Crippen molar-refractivity contribution in [3.8, 4) is 0 Å². The van der Waals surface area contributed by atoms with E-state index >= 15 is 0 Å². The predicted molar refractivity (Wildman–Crippen MR) is 71.1 cm³/mol. The first-order chi connectivity index (χ1) is 9.11. The molecule has 6 nitrogen and oxygen atoms in total. The van der Waals surface area contributed by atoms with Crippen molar-refractivity contribution in [2.24, 2.45) is 0 Å². The molecule has 1 atom stereocenters. The summed E-state index contributed by atoms with van der Waals surface area (Å²) in [5, 5.41) is 12.6. The number of likely N-dealkylation sites (tertiary alicyclic amines) is 1. The Morgan fingerprint density at radius 3 is 3.05 bits per heavy atom. The van der Waals surface area contributed by atoms with Crippen LogP contribution in [-0.4, -0.2) is 39.6 Å². The summed E-state index contributed by atoms with van der Waals surface area (Å²) in [4.78, 5) is 29.7. The third kappa shape index (κ3) is 3.23. The number of aliphatic carboxylic acids is 1. The number of rotatable bonds is 4. The average molecular weight is 283 g/mol. The first-order valence-corrected chi connectivity index (χ1v) is 7.14. The quantitative estimate of drug-likeness (QED) is 0.876. The zero-order valence-electron chi connectivity index (χ0n) is 10.8. The number of carboxylic acid groups (broad SMARTS) is 1. The number of urea groups is 1. The summed E-state index contributed by atoms with van der Waals surface area (Å²) in [5.41, 5.74) is 0. The van der Waals surface area contributed by atoms with Crippen molar-refractivity contribution < 1.29 is 14.7 Å². The molecule has 2 rings (SSSR count). The van der Waals surface area contributed by atoms with Gasteiger partial charge in [0.05, 0.1) is 6.54 Å². The number of aryl methyl sites for hydroxylation is 1. The van der Waals surface area contributed by atoms with Gasteiger partial charge in [0.1, 0.15) is 11.0 Å². The van der Waals surface area contributed by atoms with Crippen LogP contribution in [-0.2, 0) is 17.8 Å². The fourth-order valence-corrected chi connectivity index (χ4v) is 2.91. The molecule has 0 bridgehead atoms. The number of nitrogens with zero attached hydrogens (tertiary/aromatic N) is 2. The predicted octanol–water partition coefficient (Wildman–Crippen LogP) is 1.46. The van der Waals surface area contributed by atoms with Gasteiger partial charge in [0.2, 0.25) is 0 Å². The number of hydrogen-bond acceptors (Lipinski definition) is 4. The second-order valence-electron chi connectivity index (χ2n) is 4.42. The molecule has 1 aliphatic rings. The molecule has 1 aromatic heterocycles. The van der Waals surface area contributed by atoms with Gasteiger partial charge in [0.15, 0.2) is 0 Å². The number of carboxylic acids is 1. The van der Waals surface area contributed by atoms with Crippen molar-refractivity contribution in [3.63, 3.8) is 0 Å². The highest BCUT2D eigenvalue weighted by molar-refractivity contribution is 7.11. The van der Waals surface area contributed by atoms with Crippen LogP contribution in [0, 0.1) is 0 Å². The molecule has 0 radical (unpaired) electrons. The van der Waals surface area contributed by atoms with Crippen molar-refractivity contribution in [3.05, 3.63) is 16.1 Å². The molecule has 2 amide bonds. The Labute approximate surface area is 115 Å². The van der Waals surface area contributed by atoms with Gasteiger partial charge in [-0.25, -0.2) is 14.6 Å². The van der Waals surface area contributed by atoms with Crippen LogP contribution in [0.25, 0.3) is 0 Å². The van der Waals surface area contributed by atoms with Crippen LogP contribution in [0.15, 0.2) is 6.20 Å². The van der Waals surface area contributed by atoms with E-state index in [0.29, 0.717) is 19.5 Å². The van der Waals surface area contributed by atoms with Gasteiger partial charge in [-0.05, 0) is 19.3 Å². The van der Waals surface area contributed by atoms with Crippen molar-refractivity contribution in [1.29, 1.82) is 0 Å². The molecular weight excluding hydrogens is 266 g/mol. The molecule has 0 spiro atoms. The van der Waals surface area contributed by atoms with E-state index in [0.717, 1.165) is 17.8 Å². The van der Waals surface area contributed by atoms with Gasteiger partial charge in [-0.15, -0.1) is 11.3 Å². The Bertz CT molecular complexity index is 475. The number of thiazole rings is 1. The Hall–Kier alpha value is -1.63. The summed E-state index contributed by atoms with van der Waals surface area (Å²) < 4.78 is 0. The lowest BCUT2D eigenvalue weighted by Crippen LogP contribution is -2.45. The molecule has 1 saturated heterocycles. The fraction of sp³-hybridized carbons (Fsp3) is 0.583. The van der Waals surface area contributed by atoms with E-state index < -0.39 is 12.0 Å². The van der Waals surface area contributed by atoms with E-state index in [-0.39, 0.29) is 6.03 Å². The number of nitrogens with one attached hydrogen (secondary N) is 1.